The second-order valence-electron chi connectivity index (χ2n) is 3.71. The average Bonchev–Trinajstić information content (AvgIpc) is 2.17. The molecule has 0 saturated carbocycles. The van der Waals surface area contributed by atoms with E-state index in [0.29, 0.717) is 5.56 Å². The summed E-state index contributed by atoms with van der Waals surface area (Å²) in [6.07, 6.45) is -5.52. The molecule has 1 rings (SSSR count). The Kier molecular flexibility index (Phi) is 4.23. The first kappa shape index (κ1) is 14.8. The maximum absolute atomic E-state index is 11.9. The number of sulfonamides is 1. The topological polar surface area (TPSA) is 69.4 Å². The zero-order valence-corrected chi connectivity index (χ0v) is 10.3. The number of primary sulfonamides is 1. The Morgan fingerprint density at radius 1 is 1.33 bits per heavy atom. The molecule has 0 heterocycles. The molecule has 0 atom stereocenters. The van der Waals surface area contributed by atoms with E-state index in [1.54, 1.807) is 6.92 Å². The standard InChI is InChI=1S/C10H12F3NO3S/c1-7-2-3-8(9(6-7)18(14,15)16)17-5-4-10(11,12)13/h2-3,6H,4-5H2,1H3,(H2,14,15,16). The quantitative estimate of drug-likeness (QED) is 0.918. The fourth-order valence-electron chi connectivity index (χ4n) is 1.23. The average molecular weight is 283 g/mol. The molecule has 0 aliphatic heterocycles. The number of nitrogens with two attached hydrogens (primary N) is 1. The number of rotatable bonds is 4. The van der Waals surface area contributed by atoms with Crippen LogP contribution < -0.4 is 9.88 Å². The van der Waals surface area contributed by atoms with Crippen molar-refractivity contribution < 1.29 is 26.3 Å². The van der Waals surface area contributed by atoms with Gasteiger partial charge < -0.3 is 4.74 Å². The van der Waals surface area contributed by atoms with E-state index >= 15 is 0 Å². The maximum atomic E-state index is 11.9. The van der Waals surface area contributed by atoms with Crippen molar-refractivity contribution in [3.8, 4) is 5.75 Å². The number of alkyl halides is 3. The largest absolute Gasteiger partial charge is 0.492 e. The Morgan fingerprint density at radius 2 is 1.94 bits per heavy atom. The number of halogens is 3. The molecule has 1 aromatic carbocycles. The molecule has 8 heteroatoms. The van der Waals surface area contributed by atoms with Crippen LogP contribution in [0.2, 0.25) is 0 Å². The molecule has 2 N–H and O–H groups in total. The van der Waals surface area contributed by atoms with E-state index in [0.717, 1.165) is 0 Å². The lowest BCUT2D eigenvalue weighted by molar-refractivity contribution is -0.139. The molecule has 0 unspecified atom stereocenters. The third-order valence-corrected chi connectivity index (χ3v) is 2.98. The molecule has 0 radical (unpaired) electrons. The molecule has 0 saturated heterocycles. The highest BCUT2D eigenvalue weighted by atomic mass is 32.2. The predicted octanol–water partition coefficient (Wildman–Crippen LogP) is 1.97. The zero-order valence-electron chi connectivity index (χ0n) is 9.49. The van der Waals surface area contributed by atoms with Crippen molar-refractivity contribution in [2.75, 3.05) is 6.61 Å². The van der Waals surface area contributed by atoms with Gasteiger partial charge in [-0.25, -0.2) is 13.6 Å². The van der Waals surface area contributed by atoms with Crippen LogP contribution in [0.3, 0.4) is 0 Å². The molecule has 1 aromatic rings. The van der Waals surface area contributed by atoms with Crippen LogP contribution in [0.4, 0.5) is 13.2 Å². The summed E-state index contributed by atoms with van der Waals surface area (Å²) in [6, 6.07) is 4.06. The minimum Gasteiger partial charge on any atom is -0.492 e. The molecule has 0 fully saturated rings. The van der Waals surface area contributed by atoms with Gasteiger partial charge in [0.15, 0.2) is 0 Å². The fourth-order valence-corrected chi connectivity index (χ4v) is 1.99. The SMILES string of the molecule is Cc1ccc(OCCC(F)(F)F)c(S(N)(=O)=O)c1. The van der Waals surface area contributed by atoms with Gasteiger partial charge in [-0.3, -0.25) is 0 Å². The van der Waals surface area contributed by atoms with Crippen molar-refractivity contribution >= 4 is 10.0 Å². The summed E-state index contributed by atoms with van der Waals surface area (Å²) in [5.41, 5.74) is 0.613. The first-order valence-electron chi connectivity index (χ1n) is 4.92. The number of aryl methyl sites for hydroxylation is 1. The number of hydrogen-bond donors (Lipinski definition) is 1. The van der Waals surface area contributed by atoms with Gasteiger partial charge in [0.2, 0.25) is 10.0 Å². The molecule has 0 spiro atoms. The Balaban J connectivity index is 2.90. The molecule has 0 aliphatic rings. The van der Waals surface area contributed by atoms with Gasteiger partial charge in [0.25, 0.3) is 0 Å². The summed E-state index contributed by atoms with van der Waals surface area (Å²) >= 11 is 0. The van der Waals surface area contributed by atoms with Gasteiger partial charge in [-0.2, -0.15) is 13.2 Å². The maximum Gasteiger partial charge on any atom is 0.392 e. The van der Waals surface area contributed by atoms with Crippen molar-refractivity contribution in [3.63, 3.8) is 0 Å². The third-order valence-electron chi connectivity index (χ3n) is 2.05. The summed E-state index contributed by atoms with van der Waals surface area (Å²) in [4.78, 5) is -0.315. The lowest BCUT2D eigenvalue weighted by Crippen LogP contribution is -2.16. The summed E-state index contributed by atoms with van der Waals surface area (Å²) in [6.45, 7) is 0.975. The first-order valence-corrected chi connectivity index (χ1v) is 6.47. The van der Waals surface area contributed by atoms with E-state index in [-0.39, 0.29) is 10.6 Å². The molecular formula is C10H12F3NO3S. The van der Waals surface area contributed by atoms with Gasteiger partial charge in [-0.1, -0.05) is 6.07 Å². The minimum absolute atomic E-state index is 0.174. The van der Waals surface area contributed by atoms with Gasteiger partial charge in [0.1, 0.15) is 10.6 Å². The predicted molar refractivity (Wildman–Crippen MR) is 58.7 cm³/mol. The van der Waals surface area contributed by atoms with Crippen LogP contribution in [-0.4, -0.2) is 21.2 Å². The lowest BCUT2D eigenvalue weighted by Gasteiger charge is -2.12. The van der Waals surface area contributed by atoms with Crippen LogP contribution in [-0.2, 0) is 10.0 Å². The zero-order chi connectivity index (χ0) is 14.0. The van der Waals surface area contributed by atoms with Gasteiger partial charge in [-0.15, -0.1) is 0 Å². The first-order chi connectivity index (χ1) is 8.09. The van der Waals surface area contributed by atoms with E-state index < -0.39 is 29.2 Å². The Morgan fingerprint density at radius 3 is 2.44 bits per heavy atom. The highest BCUT2D eigenvalue weighted by Crippen LogP contribution is 2.25. The Bertz CT molecular complexity index is 526. The van der Waals surface area contributed by atoms with Crippen molar-refractivity contribution in [2.45, 2.75) is 24.4 Å². The second kappa shape index (κ2) is 5.15. The summed E-state index contributed by atoms with van der Waals surface area (Å²) in [5.74, 6) is -0.174. The van der Waals surface area contributed by atoms with Crippen molar-refractivity contribution in [1.82, 2.24) is 0 Å². The highest BCUT2D eigenvalue weighted by molar-refractivity contribution is 7.89. The lowest BCUT2D eigenvalue weighted by atomic mass is 10.2. The summed E-state index contributed by atoms with van der Waals surface area (Å²) in [5, 5.41) is 4.95. The normalized spacial score (nSPS) is 12.5. The van der Waals surface area contributed by atoms with Crippen LogP contribution in [0.1, 0.15) is 12.0 Å². The van der Waals surface area contributed by atoms with Gasteiger partial charge in [-0.05, 0) is 24.6 Å². The smallest absolute Gasteiger partial charge is 0.392 e. The van der Waals surface area contributed by atoms with Crippen LogP contribution in [0.5, 0.6) is 5.75 Å². The van der Waals surface area contributed by atoms with Gasteiger partial charge in [0.05, 0.1) is 13.0 Å². The molecule has 0 aliphatic carbocycles. The molecule has 0 amide bonds. The minimum atomic E-state index is -4.35. The van der Waals surface area contributed by atoms with Crippen molar-refractivity contribution in [1.29, 1.82) is 0 Å². The van der Waals surface area contributed by atoms with E-state index in [2.05, 4.69) is 0 Å². The third kappa shape index (κ3) is 4.53. The number of ether oxygens (including phenoxy) is 1. The van der Waals surface area contributed by atoms with E-state index in [1.165, 1.54) is 18.2 Å². The molecule has 0 bridgehead atoms. The molecular weight excluding hydrogens is 271 g/mol. The van der Waals surface area contributed by atoms with E-state index in [9.17, 15) is 21.6 Å². The van der Waals surface area contributed by atoms with Crippen molar-refractivity contribution in [3.05, 3.63) is 23.8 Å². The monoisotopic (exact) mass is 283 g/mol. The van der Waals surface area contributed by atoms with E-state index in [4.69, 9.17) is 9.88 Å². The Labute approximate surface area is 103 Å². The Hall–Kier alpha value is -1.28. The summed E-state index contributed by atoms with van der Waals surface area (Å²) in [7, 11) is -4.03. The van der Waals surface area contributed by atoms with Crippen LogP contribution in [0, 0.1) is 6.92 Å². The molecule has 18 heavy (non-hydrogen) atoms. The second-order valence-corrected chi connectivity index (χ2v) is 5.24. The molecule has 102 valence electrons. The molecule has 0 aromatic heterocycles. The fraction of sp³-hybridized carbons (Fsp3) is 0.400. The van der Waals surface area contributed by atoms with Crippen LogP contribution >= 0.6 is 0 Å². The van der Waals surface area contributed by atoms with Gasteiger partial charge >= 0.3 is 6.18 Å². The summed E-state index contributed by atoms with van der Waals surface area (Å²) < 4.78 is 63.1. The van der Waals surface area contributed by atoms with Crippen LogP contribution in [0.15, 0.2) is 23.1 Å². The molecule has 4 nitrogen and oxygen atoms in total. The number of benzene rings is 1. The highest BCUT2D eigenvalue weighted by Gasteiger charge is 2.27. The number of hydrogen-bond acceptors (Lipinski definition) is 3. The van der Waals surface area contributed by atoms with Gasteiger partial charge in [0, 0.05) is 0 Å². The van der Waals surface area contributed by atoms with Crippen LogP contribution in [0.25, 0.3) is 0 Å². The van der Waals surface area contributed by atoms with E-state index in [1.807, 2.05) is 0 Å². The van der Waals surface area contributed by atoms with Crippen molar-refractivity contribution in [2.24, 2.45) is 5.14 Å².